The normalized spacial score (nSPS) is 20.1. The molecule has 0 spiro atoms. The van der Waals surface area contributed by atoms with Crippen molar-refractivity contribution in [3.8, 4) is 0 Å². The van der Waals surface area contributed by atoms with Crippen molar-refractivity contribution in [2.45, 2.75) is 25.1 Å². The Balaban J connectivity index is 1.81. The quantitative estimate of drug-likeness (QED) is 0.815. The number of carbonyl (C=O) groups excluding carboxylic acids is 1. The van der Waals surface area contributed by atoms with Crippen LogP contribution in [-0.4, -0.2) is 41.0 Å². The van der Waals surface area contributed by atoms with Gasteiger partial charge in [0, 0.05) is 6.42 Å². The number of benzene rings is 1. The van der Waals surface area contributed by atoms with E-state index in [0.717, 1.165) is 5.56 Å². The van der Waals surface area contributed by atoms with Gasteiger partial charge in [-0.25, -0.2) is 5.06 Å². The summed E-state index contributed by atoms with van der Waals surface area (Å²) >= 11 is 0. The van der Waals surface area contributed by atoms with Crippen LogP contribution >= 0.6 is 7.80 Å². The molecule has 1 heterocycles. The smallest absolute Gasteiger partial charge is 0.344 e. The van der Waals surface area contributed by atoms with E-state index in [4.69, 9.17) is 9.94 Å². The molecule has 1 aromatic carbocycles. The Labute approximate surface area is 119 Å². The third-order valence-electron chi connectivity index (χ3n) is 3.31. The molecule has 6 heteroatoms. The molecule has 0 radical (unpaired) electrons. The van der Waals surface area contributed by atoms with Crippen LogP contribution in [0, 0.1) is 0 Å². The summed E-state index contributed by atoms with van der Waals surface area (Å²) in [6, 6.07) is 9.65. The van der Waals surface area contributed by atoms with E-state index in [-0.39, 0.29) is 30.8 Å². The molecule has 1 amide bonds. The number of hydrogen-bond acceptors (Lipinski definition) is 4. The van der Waals surface area contributed by atoms with Gasteiger partial charge in [0.1, 0.15) is 6.61 Å². The van der Waals surface area contributed by atoms with Crippen LogP contribution in [0.25, 0.3) is 0 Å². The summed E-state index contributed by atoms with van der Waals surface area (Å²) in [7, 11) is -1.50. The molecule has 1 aliphatic heterocycles. The SMILES string of the molecule is O=C1CC([P+](=O)CCO)CCN1OCc1ccccc1. The molecule has 0 aromatic heterocycles. The molecule has 1 fully saturated rings. The molecule has 1 aliphatic rings. The predicted octanol–water partition coefficient (Wildman–Crippen LogP) is 1.93. The van der Waals surface area contributed by atoms with Gasteiger partial charge in [-0.05, 0) is 5.56 Å². The van der Waals surface area contributed by atoms with Crippen molar-refractivity contribution in [2.24, 2.45) is 0 Å². The number of nitrogens with zero attached hydrogens (tertiary/aromatic N) is 1. The zero-order valence-electron chi connectivity index (χ0n) is 11.3. The van der Waals surface area contributed by atoms with Crippen LogP contribution in [0.3, 0.4) is 0 Å². The first kappa shape index (κ1) is 15.1. The van der Waals surface area contributed by atoms with Crippen molar-refractivity contribution in [3.05, 3.63) is 35.9 Å². The van der Waals surface area contributed by atoms with Crippen molar-refractivity contribution in [1.82, 2.24) is 5.06 Å². The summed E-state index contributed by atoms with van der Waals surface area (Å²) in [6.07, 6.45) is 1.18. The topological polar surface area (TPSA) is 66.8 Å². The molecule has 2 rings (SSSR count). The zero-order valence-corrected chi connectivity index (χ0v) is 12.2. The van der Waals surface area contributed by atoms with Crippen molar-refractivity contribution in [1.29, 1.82) is 0 Å². The van der Waals surface area contributed by atoms with Gasteiger partial charge < -0.3 is 5.11 Å². The first-order valence-corrected chi connectivity index (χ1v) is 8.24. The van der Waals surface area contributed by atoms with Gasteiger partial charge in [-0.1, -0.05) is 34.9 Å². The fourth-order valence-electron chi connectivity index (χ4n) is 2.19. The lowest BCUT2D eigenvalue weighted by Crippen LogP contribution is -2.39. The zero-order chi connectivity index (χ0) is 14.4. The number of hydroxylamine groups is 2. The second-order valence-electron chi connectivity index (χ2n) is 4.77. The van der Waals surface area contributed by atoms with Crippen LogP contribution in [-0.2, 0) is 20.8 Å². The lowest BCUT2D eigenvalue weighted by molar-refractivity contribution is -0.196. The maximum Gasteiger partial charge on any atom is 0.344 e. The lowest BCUT2D eigenvalue weighted by atomic mass is 10.1. The summed E-state index contributed by atoms with van der Waals surface area (Å²) in [5.41, 5.74) is 0.884. The number of hydrogen-bond donors (Lipinski definition) is 1. The highest BCUT2D eigenvalue weighted by molar-refractivity contribution is 7.45. The first-order chi connectivity index (χ1) is 9.70. The van der Waals surface area contributed by atoms with Gasteiger partial charge >= 0.3 is 7.80 Å². The molecule has 20 heavy (non-hydrogen) atoms. The molecule has 2 unspecified atom stereocenters. The Hall–Kier alpha value is -1.29. The Morgan fingerprint density at radius 2 is 2.10 bits per heavy atom. The average molecular weight is 296 g/mol. The average Bonchev–Trinajstić information content (AvgIpc) is 2.47. The van der Waals surface area contributed by atoms with E-state index in [1.807, 2.05) is 30.3 Å². The number of amides is 1. The van der Waals surface area contributed by atoms with Gasteiger partial charge in [0.2, 0.25) is 0 Å². The van der Waals surface area contributed by atoms with E-state index >= 15 is 0 Å². The van der Waals surface area contributed by atoms with Gasteiger partial charge in [0.25, 0.3) is 5.91 Å². The summed E-state index contributed by atoms with van der Waals surface area (Å²) in [5.74, 6) is -0.126. The highest BCUT2D eigenvalue weighted by Gasteiger charge is 2.38. The van der Waals surface area contributed by atoms with Crippen LogP contribution in [0.2, 0.25) is 0 Å². The van der Waals surface area contributed by atoms with Crippen molar-refractivity contribution in [2.75, 3.05) is 19.3 Å². The van der Waals surface area contributed by atoms with Gasteiger partial charge in [-0.2, -0.15) is 0 Å². The van der Waals surface area contributed by atoms with E-state index in [9.17, 15) is 9.36 Å². The first-order valence-electron chi connectivity index (χ1n) is 6.72. The maximum atomic E-state index is 11.9. The molecule has 1 saturated heterocycles. The highest BCUT2D eigenvalue weighted by atomic mass is 31.1. The fraction of sp³-hybridized carbons (Fsp3) is 0.500. The molecular formula is C14H19NO4P+. The van der Waals surface area contributed by atoms with E-state index in [0.29, 0.717) is 19.6 Å². The molecule has 1 N–H and O–H groups in total. The highest BCUT2D eigenvalue weighted by Crippen LogP contribution is 2.35. The molecule has 0 bridgehead atoms. The molecule has 108 valence electrons. The van der Waals surface area contributed by atoms with Gasteiger partial charge in [0.05, 0.1) is 19.6 Å². The summed E-state index contributed by atoms with van der Waals surface area (Å²) in [4.78, 5) is 17.5. The molecule has 5 nitrogen and oxygen atoms in total. The summed E-state index contributed by atoms with van der Waals surface area (Å²) in [6.45, 7) is 0.733. The molecule has 0 saturated carbocycles. The van der Waals surface area contributed by atoms with E-state index in [2.05, 4.69) is 0 Å². The number of piperidine rings is 1. The Morgan fingerprint density at radius 3 is 2.75 bits per heavy atom. The van der Waals surface area contributed by atoms with Crippen LogP contribution < -0.4 is 0 Å². The van der Waals surface area contributed by atoms with Crippen LogP contribution in [0.5, 0.6) is 0 Å². The molecule has 0 aliphatic carbocycles. The minimum absolute atomic E-state index is 0.0892. The second kappa shape index (κ2) is 7.48. The summed E-state index contributed by atoms with van der Waals surface area (Å²) in [5, 5.41) is 10.2. The molecule has 2 atom stereocenters. The van der Waals surface area contributed by atoms with Gasteiger partial charge in [0.15, 0.2) is 11.8 Å². The number of rotatable bonds is 6. The Morgan fingerprint density at radius 1 is 1.35 bits per heavy atom. The van der Waals surface area contributed by atoms with Crippen molar-refractivity contribution < 1.29 is 19.3 Å². The third-order valence-corrected chi connectivity index (χ3v) is 5.21. The van der Waals surface area contributed by atoms with Gasteiger partial charge in [-0.3, -0.25) is 9.63 Å². The largest absolute Gasteiger partial charge is 0.392 e. The van der Waals surface area contributed by atoms with Crippen LogP contribution in [0.1, 0.15) is 18.4 Å². The minimum Gasteiger partial charge on any atom is -0.392 e. The number of aliphatic hydroxyl groups excluding tert-OH is 1. The Kier molecular flexibility index (Phi) is 5.65. The number of carbonyl (C=O) groups is 1. The molecule has 1 aromatic rings. The standard InChI is InChI=1S/C14H19NO4P/c16-8-9-20(18)13-6-7-15(14(17)10-13)19-11-12-4-2-1-3-5-12/h1-5,13,16H,6-11H2/q+1. The van der Waals surface area contributed by atoms with E-state index in [1.165, 1.54) is 5.06 Å². The summed E-state index contributed by atoms with van der Waals surface area (Å²) < 4.78 is 11.8. The third kappa shape index (κ3) is 4.10. The monoisotopic (exact) mass is 296 g/mol. The van der Waals surface area contributed by atoms with Crippen LogP contribution in [0.4, 0.5) is 0 Å². The maximum absolute atomic E-state index is 11.9. The molecular weight excluding hydrogens is 277 g/mol. The second-order valence-corrected chi connectivity index (χ2v) is 6.78. The lowest BCUT2D eigenvalue weighted by Gasteiger charge is -2.27. The van der Waals surface area contributed by atoms with Crippen molar-refractivity contribution in [3.63, 3.8) is 0 Å². The minimum atomic E-state index is -1.50. The fourth-order valence-corrected chi connectivity index (χ4v) is 3.51. The van der Waals surface area contributed by atoms with E-state index in [1.54, 1.807) is 0 Å². The van der Waals surface area contributed by atoms with Gasteiger partial charge in [-0.15, -0.1) is 0 Å². The van der Waals surface area contributed by atoms with Crippen LogP contribution in [0.15, 0.2) is 30.3 Å². The Bertz CT molecular complexity index is 466. The van der Waals surface area contributed by atoms with E-state index < -0.39 is 7.80 Å². The number of aliphatic hydroxyl groups is 1. The van der Waals surface area contributed by atoms with Crippen molar-refractivity contribution >= 4 is 13.7 Å². The predicted molar refractivity (Wildman–Crippen MR) is 75.5 cm³/mol.